The Hall–Kier alpha value is -0.410. The molecule has 1 aliphatic carbocycles. The van der Waals surface area contributed by atoms with E-state index >= 15 is 0 Å². The third kappa shape index (κ3) is 2.03. The fourth-order valence-electron chi connectivity index (χ4n) is 2.33. The van der Waals surface area contributed by atoms with Crippen LogP contribution in [0.2, 0.25) is 0 Å². The molecule has 0 aliphatic heterocycles. The highest BCUT2D eigenvalue weighted by Gasteiger charge is 2.40. The van der Waals surface area contributed by atoms with Crippen LogP contribution in [0.1, 0.15) is 50.7 Å². The molecule has 0 saturated heterocycles. The monoisotopic (exact) mass is 238 g/mol. The lowest BCUT2D eigenvalue weighted by Gasteiger charge is -2.40. The molecule has 0 atom stereocenters. The maximum Gasteiger partial charge on any atom is 0.0982 e. The van der Waals surface area contributed by atoms with Gasteiger partial charge in [0.1, 0.15) is 0 Å². The molecule has 1 fully saturated rings. The Morgan fingerprint density at radius 3 is 2.50 bits per heavy atom. The Labute approximate surface area is 102 Å². The second kappa shape index (κ2) is 4.11. The number of nitrogens with zero attached hydrogens (tertiary/aromatic N) is 1. The van der Waals surface area contributed by atoms with Gasteiger partial charge in [-0.3, -0.25) is 0 Å². The van der Waals surface area contributed by atoms with Crippen molar-refractivity contribution in [2.45, 2.75) is 50.9 Å². The van der Waals surface area contributed by atoms with Gasteiger partial charge in [-0.15, -0.1) is 11.3 Å². The van der Waals surface area contributed by atoms with Crippen LogP contribution in [-0.4, -0.2) is 18.6 Å². The highest BCUT2D eigenvalue weighted by Crippen LogP contribution is 2.44. The normalized spacial score (nSPS) is 19.5. The van der Waals surface area contributed by atoms with Crippen LogP contribution in [0.15, 0.2) is 5.38 Å². The minimum Gasteiger partial charge on any atom is -0.319 e. The molecule has 0 radical (unpaired) electrons. The molecule has 0 aromatic carbocycles. The number of nitrogens with one attached hydrogen (secondary N) is 1. The lowest BCUT2D eigenvalue weighted by Crippen LogP contribution is -2.43. The summed E-state index contributed by atoms with van der Waals surface area (Å²) in [6, 6.07) is 0. The standard InChI is InChI=1S/C13H22N2S/c1-12(2,3)11-15-10(8-16-11)13(9-14-4)6-5-7-13/h8,14H,5-7,9H2,1-4H3. The first kappa shape index (κ1) is 12.1. The van der Waals surface area contributed by atoms with Crippen LogP contribution in [0.5, 0.6) is 0 Å². The quantitative estimate of drug-likeness (QED) is 0.875. The first-order chi connectivity index (χ1) is 7.48. The molecule has 16 heavy (non-hydrogen) atoms. The minimum absolute atomic E-state index is 0.188. The topological polar surface area (TPSA) is 24.9 Å². The van der Waals surface area contributed by atoms with Crippen LogP contribution < -0.4 is 5.32 Å². The molecular weight excluding hydrogens is 216 g/mol. The number of hydrogen-bond acceptors (Lipinski definition) is 3. The van der Waals surface area contributed by atoms with Crippen molar-refractivity contribution in [1.29, 1.82) is 0 Å². The first-order valence-electron chi connectivity index (χ1n) is 6.09. The molecule has 1 N–H and O–H groups in total. The van der Waals surface area contributed by atoms with E-state index < -0.39 is 0 Å². The molecular formula is C13H22N2S. The number of aromatic nitrogens is 1. The first-order valence-corrected chi connectivity index (χ1v) is 6.97. The number of hydrogen-bond donors (Lipinski definition) is 1. The van der Waals surface area contributed by atoms with Crippen LogP contribution >= 0.6 is 11.3 Å². The predicted molar refractivity (Wildman–Crippen MR) is 70.3 cm³/mol. The molecule has 3 heteroatoms. The van der Waals surface area contributed by atoms with Gasteiger partial charge in [-0.05, 0) is 19.9 Å². The van der Waals surface area contributed by atoms with Crippen molar-refractivity contribution in [2.75, 3.05) is 13.6 Å². The summed E-state index contributed by atoms with van der Waals surface area (Å²) in [5, 5.41) is 6.86. The fourth-order valence-corrected chi connectivity index (χ4v) is 3.36. The van der Waals surface area contributed by atoms with Gasteiger partial charge >= 0.3 is 0 Å². The van der Waals surface area contributed by atoms with E-state index in [-0.39, 0.29) is 5.41 Å². The Morgan fingerprint density at radius 1 is 1.44 bits per heavy atom. The van der Waals surface area contributed by atoms with E-state index in [0.29, 0.717) is 5.41 Å². The number of likely N-dealkylation sites (N-methyl/N-ethyl adjacent to an activating group) is 1. The van der Waals surface area contributed by atoms with Crippen LogP contribution in [0.25, 0.3) is 0 Å². The molecule has 0 bridgehead atoms. The molecule has 1 heterocycles. The highest BCUT2D eigenvalue weighted by atomic mass is 32.1. The van der Waals surface area contributed by atoms with E-state index in [2.05, 4.69) is 31.5 Å². The number of rotatable bonds is 3. The van der Waals surface area contributed by atoms with Crippen molar-refractivity contribution in [2.24, 2.45) is 0 Å². The van der Waals surface area contributed by atoms with Gasteiger partial charge < -0.3 is 5.32 Å². The van der Waals surface area contributed by atoms with Crippen molar-refractivity contribution >= 4 is 11.3 Å². The Balaban J connectivity index is 2.24. The summed E-state index contributed by atoms with van der Waals surface area (Å²) in [5.74, 6) is 0. The van der Waals surface area contributed by atoms with E-state index in [0.717, 1.165) is 6.54 Å². The van der Waals surface area contributed by atoms with Crippen LogP contribution in [0.3, 0.4) is 0 Å². The van der Waals surface area contributed by atoms with Crippen molar-refractivity contribution in [3.05, 3.63) is 16.1 Å². The smallest absolute Gasteiger partial charge is 0.0982 e. The summed E-state index contributed by atoms with van der Waals surface area (Å²) in [6.07, 6.45) is 3.94. The molecule has 2 rings (SSSR count). The van der Waals surface area contributed by atoms with Crippen molar-refractivity contribution < 1.29 is 0 Å². The van der Waals surface area contributed by atoms with E-state index in [1.807, 2.05) is 18.4 Å². The molecule has 1 aromatic rings. The molecule has 90 valence electrons. The molecule has 1 aromatic heterocycles. The van der Waals surface area contributed by atoms with Crippen LogP contribution in [0, 0.1) is 0 Å². The van der Waals surface area contributed by atoms with Gasteiger partial charge in [-0.2, -0.15) is 0 Å². The van der Waals surface area contributed by atoms with Gasteiger partial charge in [0.05, 0.1) is 10.7 Å². The maximum absolute atomic E-state index is 4.87. The largest absolute Gasteiger partial charge is 0.319 e. The van der Waals surface area contributed by atoms with Gasteiger partial charge in [0.15, 0.2) is 0 Å². The van der Waals surface area contributed by atoms with Crippen LogP contribution in [0.4, 0.5) is 0 Å². The van der Waals surface area contributed by atoms with Gasteiger partial charge in [0.2, 0.25) is 0 Å². The van der Waals surface area contributed by atoms with Gasteiger partial charge in [0.25, 0.3) is 0 Å². The van der Waals surface area contributed by atoms with Crippen molar-refractivity contribution in [3.63, 3.8) is 0 Å². The predicted octanol–water partition coefficient (Wildman–Crippen LogP) is 3.08. The zero-order chi connectivity index (χ0) is 11.8. The third-order valence-corrected chi connectivity index (χ3v) is 4.78. The van der Waals surface area contributed by atoms with E-state index in [4.69, 9.17) is 4.98 Å². The highest BCUT2D eigenvalue weighted by molar-refractivity contribution is 7.09. The molecule has 0 amide bonds. The van der Waals surface area contributed by atoms with Gasteiger partial charge in [0, 0.05) is 22.8 Å². The molecule has 0 spiro atoms. The van der Waals surface area contributed by atoms with E-state index in [1.54, 1.807) is 0 Å². The summed E-state index contributed by atoms with van der Waals surface area (Å²) >= 11 is 1.82. The fraction of sp³-hybridized carbons (Fsp3) is 0.769. The van der Waals surface area contributed by atoms with Gasteiger partial charge in [-0.1, -0.05) is 27.2 Å². The van der Waals surface area contributed by atoms with Gasteiger partial charge in [-0.25, -0.2) is 4.98 Å². The third-order valence-electron chi connectivity index (χ3n) is 3.51. The molecule has 1 saturated carbocycles. The summed E-state index contributed by atoms with van der Waals surface area (Å²) in [6.45, 7) is 7.78. The average Bonchev–Trinajstić information content (AvgIpc) is 2.59. The molecule has 2 nitrogen and oxygen atoms in total. The van der Waals surface area contributed by atoms with E-state index in [9.17, 15) is 0 Å². The zero-order valence-electron chi connectivity index (χ0n) is 10.8. The summed E-state index contributed by atoms with van der Waals surface area (Å²) < 4.78 is 0. The summed E-state index contributed by atoms with van der Waals surface area (Å²) in [7, 11) is 2.04. The second-order valence-corrected chi connectivity index (χ2v) is 6.81. The van der Waals surface area contributed by atoms with E-state index in [1.165, 1.54) is 30.0 Å². The summed E-state index contributed by atoms with van der Waals surface area (Å²) in [4.78, 5) is 4.87. The van der Waals surface area contributed by atoms with Crippen LogP contribution in [-0.2, 0) is 10.8 Å². The minimum atomic E-state index is 0.188. The Morgan fingerprint density at radius 2 is 2.12 bits per heavy atom. The average molecular weight is 238 g/mol. The van der Waals surface area contributed by atoms with Crippen molar-refractivity contribution in [3.8, 4) is 0 Å². The molecule has 1 aliphatic rings. The van der Waals surface area contributed by atoms with Crippen molar-refractivity contribution in [1.82, 2.24) is 10.3 Å². The Bertz CT molecular complexity index is 358. The summed E-state index contributed by atoms with van der Waals surface area (Å²) in [5.41, 5.74) is 1.85. The molecule has 0 unspecified atom stereocenters. The Kier molecular flexibility index (Phi) is 3.10. The number of thiazole rings is 1. The second-order valence-electron chi connectivity index (χ2n) is 5.95. The lowest BCUT2D eigenvalue weighted by molar-refractivity contribution is 0.232. The SMILES string of the molecule is CNCC1(c2csc(C(C)(C)C)n2)CCC1. The lowest BCUT2D eigenvalue weighted by atomic mass is 9.67. The maximum atomic E-state index is 4.87. The zero-order valence-corrected chi connectivity index (χ0v) is 11.6.